The first-order chi connectivity index (χ1) is 6.61. The second kappa shape index (κ2) is 3.31. The largest absolute Gasteiger partial charge is 0.324 e. The summed E-state index contributed by atoms with van der Waals surface area (Å²) in [6, 6.07) is 0.916. The molecule has 2 rings (SSSR count). The first kappa shape index (κ1) is 9.59. The number of hydrogen-bond acceptors (Lipinski definition) is 1. The van der Waals surface area contributed by atoms with Gasteiger partial charge in [0.2, 0.25) is 0 Å². The maximum atomic E-state index is 13.7. The van der Waals surface area contributed by atoms with E-state index in [2.05, 4.69) is 0 Å². The van der Waals surface area contributed by atoms with Crippen LogP contribution in [0.5, 0.6) is 0 Å². The fraction of sp³-hybridized carbons (Fsp3) is 0.455. The van der Waals surface area contributed by atoms with Crippen LogP contribution >= 0.6 is 0 Å². The predicted octanol–water partition coefficient (Wildman–Crippen LogP) is 2.61. The summed E-state index contributed by atoms with van der Waals surface area (Å²) in [5.74, 6) is -0.636. The number of fused-ring (bicyclic) bond motifs is 1. The molecule has 0 unspecified atom stereocenters. The van der Waals surface area contributed by atoms with E-state index in [-0.39, 0.29) is 17.7 Å². The molecule has 0 spiro atoms. The van der Waals surface area contributed by atoms with Gasteiger partial charge in [0.25, 0.3) is 0 Å². The quantitative estimate of drug-likeness (QED) is 0.679. The average Bonchev–Trinajstić information content (AvgIpc) is 2.14. The summed E-state index contributed by atoms with van der Waals surface area (Å²) < 4.78 is 27.1. The van der Waals surface area contributed by atoms with Crippen molar-refractivity contribution in [1.29, 1.82) is 0 Å². The molecule has 0 fully saturated rings. The van der Waals surface area contributed by atoms with Crippen LogP contribution in [0, 0.1) is 18.6 Å². The minimum atomic E-state index is -0.340. The molecule has 0 bridgehead atoms. The highest BCUT2D eigenvalue weighted by Gasteiger charge is 2.24. The smallest absolute Gasteiger partial charge is 0.131 e. The van der Waals surface area contributed by atoms with Gasteiger partial charge in [0.1, 0.15) is 11.6 Å². The van der Waals surface area contributed by atoms with E-state index >= 15 is 0 Å². The van der Waals surface area contributed by atoms with Crippen molar-refractivity contribution in [1.82, 2.24) is 0 Å². The van der Waals surface area contributed by atoms with E-state index in [1.54, 1.807) is 6.92 Å². The highest BCUT2D eigenvalue weighted by Crippen LogP contribution is 2.33. The molecule has 0 aliphatic heterocycles. The Hall–Kier alpha value is -0.960. The van der Waals surface area contributed by atoms with Gasteiger partial charge >= 0.3 is 0 Å². The van der Waals surface area contributed by atoms with Crippen molar-refractivity contribution in [3.05, 3.63) is 34.4 Å². The summed E-state index contributed by atoms with van der Waals surface area (Å²) in [5, 5.41) is 0. The van der Waals surface area contributed by atoms with E-state index in [9.17, 15) is 8.78 Å². The van der Waals surface area contributed by atoms with Crippen molar-refractivity contribution >= 4 is 0 Å². The Bertz CT molecular complexity index is 374. The zero-order valence-electron chi connectivity index (χ0n) is 8.11. The van der Waals surface area contributed by atoms with Crippen molar-refractivity contribution in [2.45, 2.75) is 32.2 Å². The molecule has 1 aliphatic carbocycles. The minimum Gasteiger partial charge on any atom is -0.324 e. The summed E-state index contributed by atoms with van der Waals surface area (Å²) in [5.41, 5.74) is 7.00. The molecular weight excluding hydrogens is 184 g/mol. The Morgan fingerprint density at radius 3 is 2.86 bits per heavy atom. The fourth-order valence-electron chi connectivity index (χ4n) is 2.10. The standard InChI is InChI=1S/C11H13F2N/c1-6-5-8(12)7-3-2-4-9(14)10(7)11(6)13/h5,9H,2-4,14H2,1H3/t9-/m1/s1. The molecule has 0 saturated heterocycles. The highest BCUT2D eigenvalue weighted by molar-refractivity contribution is 5.38. The summed E-state index contributed by atoms with van der Waals surface area (Å²) in [6.45, 7) is 1.57. The molecule has 2 N–H and O–H groups in total. The first-order valence-corrected chi connectivity index (χ1v) is 4.84. The average molecular weight is 197 g/mol. The first-order valence-electron chi connectivity index (χ1n) is 4.84. The van der Waals surface area contributed by atoms with Crippen LogP contribution in [0.3, 0.4) is 0 Å². The fourth-order valence-corrected chi connectivity index (χ4v) is 2.10. The van der Waals surface area contributed by atoms with Crippen LogP contribution in [0.15, 0.2) is 6.07 Å². The van der Waals surface area contributed by atoms with Crippen molar-refractivity contribution in [2.75, 3.05) is 0 Å². The predicted molar refractivity (Wildman–Crippen MR) is 51.0 cm³/mol. The molecule has 1 aromatic rings. The van der Waals surface area contributed by atoms with Crippen molar-refractivity contribution in [3.63, 3.8) is 0 Å². The third-order valence-electron chi connectivity index (χ3n) is 2.85. The molecule has 14 heavy (non-hydrogen) atoms. The maximum Gasteiger partial charge on any atom is 0.131 e. The molecule has 0 radical (unpaired) electrons. The van der Waals surface area contributed by atoms with Gasteiger partial charge in [0.15, 0.2) is 0 Å². The molecular formula is C11H13F2N. The lowest BCUT2D eigenvalue weighted by Crippen LogP contribution is -2.21. The third kappa shape index (κ3) is 1.32. The van der Waals surface area contributed by atoms with Gasteiger partial charge < -0.3 is 5.73 Å². The van der Waals surface area contributed by atoms with Crippen molar-refractivity contribution in [2.24, 2.45) is 5.73 Å². The molecule has 1 nitrogen and oxygen atoms in total. The van der Waals surface area contributed by atoms with Gasteiger partial charge in [-0.05, 0) is 43.4 Å². The van der Waals surface area contributed by atoms with Gasteiger partial charge in [-0.3, -0.25) is 0 Å². The van der Waals surface area contributed by atoms with Crippen LogP contribution in [-0.4, -0.2) is 0 Å². The van der Waals surface area contributed by atoms with Crippen LogP contribution in [0.2, 0.25) is 0 Å². The van der Waals surface area contributed by atoms with Crippen molar-refractivity contribution < 1.29 is 8.78 Å². The van der Waals surface area contributed by atoms with Gasteiger partial charge in [-0.1, -0.05) is 0 Å². The Labute approximate surface area is 81.9 Å². The highest BCUT2D eigenvalue weighted by atomic mass is 19.1. The van der Waals surface area contributed by atoms with Gasteiger partial charge in [-0.25, -0.2) is 8.78 Å². The molecule has 0 saturated carbocycles. The van der Waals surface area contributed by atoms with Gasteiger partial charge in [0.05, 0.1) is 0 Å². The zero-order chi connectivity index (χ0) is 10.3. The van der Waals surface area contributed by atoms with Crippen LogP contribution in [0.1, 0.15) is 35.6 Å². The van der Waals surface area contributed by atoms with Gasteiger partial charge in [-0.15, -0.1) is 0 Å². The van der Waals surface area contributed by atoms with E-state index < -0.39 is 0 Å². The normalized spacial score (nSPS) is 20.7. The molecule has 1 aliphatic rings. The van der Waals surface area contributed by atoms with Crippen molar-refractivity contribution in [3.8, 4) is 0 Å². The third-order valence-corrected chi connectivity index (χ3v) is 2.85. The number of halogens is 2. The number of benzene rings is 1. The second-order valence-electron chi connectivity index (χ2n) is 3.88. The molecule has 1 atom stereocenters. The zero-order valence-corrected chi connectivity index (χ0v) is 8.11. The van der Waals surface area contributed by atoms with E-state index in [0.29, 0.717) is 23.1 Å². The Morgan fingerprint density at radius 1 is 1.43 bits per heavy atom. The topological polar surface area (TPSA) is 26.0 Å². The van der Waals surface area contributed by atoms with Crippen LogP contribution in [0.25, 0.3) is 0 Å². The molecule has 3 heteroatoms. The monoisotopic (exact) mass is 197 g/mol. The van der Waals surface area contributed by atoms with E-state index in [1.807, 2.05) is 0 Å². The molecule has 76 valence electrons. The Kier molecular flexibility index (Phi) is 2.27. The Balaban J connectivity index is 2.67. The summed E-state index contributed by atoms with van der Waals surface area (Å²) in [4.78, 5) is 0. The lowest BCUT2D eigenvalue weighted by Gasteiger charge is -2.23. The Morgan fingerprint density at radius 2 is 2.14 bits per heavy atom. The maximum absolute atomic E-state index is 13.7. The lowest BCUT2D eigenvalue weighted by atomic mass is 9.86. The minimum absolute atomic E-state index is 0.311. The molecule has 1 aromatic carbocycles. The van der Waals surface area contributed by atoms with Crippen LogP contribution < -0.4 is 5.73 Å². The second-order valence-corrected chi connectivity index (χ2v) is 3.88. The molecule has 0 aromatic heterocycles. The van der Waals surface area contributed by atoms with Crippen LogP contribution in [0.4, 0.5) is 8.78 Å². The lowest BCUT2D eigenvalue weighted by molar-refractivity contribution is 0.489. The summed E-state index contributed by atoms with van der Waals surface area (Å²) >= 11 is 0. The van der Waals surface area contributed by atoms with E-state index in [1.165, 1.54) is 6.07 Å². The van der Waals surface area contributed by atoms with E-state index in [4.69, 9.17) is 5.73 Å². The van der Waals surface area contributed by atoms with Crippen LogP contribution in [-0.2, 0) is 6.42 Å². The van der Waals surface area contributed by atoms with Gasteiger partial charge in [-0.2, -0.15) is 0 Å². The number of aryl methyl sites for hydroxylation is 1. The number of nitrogens with two attached hydrogens (primary N) is 1. The van der Waals surface area contributed by atoms with Gasteiger partial charge in [0, 0.05) is 11.6 Å². The SMILES string of the molecule is Cc1cc(F)c2c(c1F)[C@H](N)CCC2. The molecule has 0 amide bonds. The van der Waals surface area contributed by atoms with E-state index in [0.717, 1.165) is 12.8 Å². The number of hydrogen-bond donors (Lipinski definition) is 1. The number of rotatable bonds is 0. The summed E-state index contributed by atoms with van der Waals surface area (Å²) in [7, 11) is 0. The molecule has 0 heterocycles. The summed E-state index contributed by atoms with van der Waals surface area (Å²) in [6.07, 6.45) is 2.19.